The van der Waals surface area contributed by atoms with Gasteiger partial charge in [0.15, 0.2) is 0 Å². The van der Waals surface area contributed by atoms with Crippen LogP contribution in [0.2, 0.25) is 0 Å². The molecule has 1 heterocycles. The van der Waals surface area contributed by atoms with Crippen LogP contribution in [0.15, 0.2) is 30.5 Å². The zero-order valence-electron chi connectivity index (χ0n) is 10.4. The lowest BCUT2D eigenvalue weighted by molar-refractivity contribution is -0.141. The Morgan fingerprint density at radius 1 is 1.24 bits per heavy atom. The van der Waals surface area contributed by atoms with E-state index in [0.717, 1.165) is 18.3 Å². The van der Waals surface area contributed by atoms with Crippen molar-refractivity contribution in [1.29, 1.82) is 5.26 Å². The molecule has 0 saturated carbocycles. The van der Waals surface area contributed by atoms with Crippen LogP contribution in [0.25, 0.3) is 0 Å². The lowest BCUT2D eigenvalue weighted by atomic mass is 10.1. The van der Waals surface area contributed by atoms with Gasteiger partial charge >= 0.3 is 6.18 Å². The molecule has 0 atom stereocenters. The van der Waals surface area contributed by atoms with Crippen molar-refractivity contribution in [3.05, 3.63) is 53.1 Å². The van der Waals surface area contributed by atoms with Crippen molar-refractivity contribution in [2.45, 2.75) is 12.7 Å². The second-order valence-electron chi connectivity index (χ2n) is 4.03. The molecular weight excluding hydrogens is 288 g/mol. The van der Waals surface area contributed by atoms with Crippen LogP contribution in [-0.4, -0.2) is 9.97 Å². The summed E-state index contributed by atoms with van der Waals surface area (Å²) in [5.74, 6) is -0.887. The average Bonchev–Trinajstić information content (AvgIpc) is 2.45. The van der Waals surface area contributed by atoms with Crippen molar-refractivity contribution < 1.29 is 17.6 Å². The monoisotopic (exact) mass is 296 g/mol. The van der Waals surface area contributed by atoms with Crippen LogP contribution >= 0.6 is 0 Å². The topological polar surface area (TPSA) is 61.6 Å². The highest BCUT2D eigenvalue weighted by molar-refractivity contribution is 5.35. The van der Waals surface area contributed by atoms with Crippen LogP contribution in [0.3, 0.4) is 0 Å². The maximum Gasteiger partial charge on any atom is 0.433 e. The summed E-state index contributed by atoms with van der Waals surface area (Å²) in [5, 5.41) is 11.1. The second-order valence-corrected chi connectivity index (χ2v) is 4.03. The van der Waals surface area contributed by atoms with E-state index in [-0.39, 0.29) is 23.6 Å². The van der Waals surface area contributed by atoms with Crippen molar-refractivity contribution in [3.8, 4) is 6.07 Å². The van der Waals surface area contributed by atoms with Gasteiger partial charge in [0, 0.05) is 18.3 Å². The molecule has 2 rings (SSSR count). The Balaban J connectivity index is 2.12. The largest absolute Gasteiger partial charge is 0.433 e. The standard InChI is InChI=1S/C13H8F4N4/c14-10-5-8(6-18)1-2-9(10)7-20-12-19-4-3-11(21-12)13(15,16)17/h1-5H,7H2,(H,19,20,21). The Kier molecular flexibility index (Phi) is 4.03. The molecule has 0 spiro atoms. The number of nitrogens with one attached hydrogen (secondary N) is 1. The summed E-state index contributed by atoms with van der Waals surface area (Å²) in [6, 6.07) is 6.35. The molecule has 1 aromatic carbocycles. The molecule has 0 aliphatic rings. The van der Waals surface area contributed by atoms with Crippen LogP contribution in [-0.2, 0) is 12.7 Å². The molecule has 0 fully saturated rings. The Morgan fingerprint density at radius 3 is 2.62 bits per heavy atom. The highest BCUT2D eigenvalue weighted by Crippen LogP contribution is 2.27. The van der Waals surface area contributed by atoms with Gasteiger partial charge in [0.2, 0.25) is 5.95 Å². The SMILES string of the molecule is N#Cc1ccc(CNc2nccc(C(F)(F)F)n2)c(F)c1. The smallest absolute Gasteiger partial charge is 0.350 e. The minimum absolute atomic E-state index is 0.0984. The van der Waals surface area contributed by atoms with Gasteiger partial charge in [-0.2, -0.15) is 18.4 Å². The number of anilines is 1. The minimum Gasteiger partial charge on any atom is -0.350 e. The summed E-state index contributed by atoms with van der Waals surface area (Å²) in [4.78, 5) is 6.93. The fourth-order valence-corrected chi connectivity index (χ4v) is 1.54. The number of hydrogen-bond acceptors (Lipinski definition) is 4. The molecule has 0 aliphatic carbocycles. The minimum atomic E-state index is -4.57. The fourth-order valence-electron chi connectivity index (χ4n) is 1.54. The van der Waals surface area contributed by atoms with E-state index in [1.165, 1.54) is 12.1 Å². The number of nitriles is 1. The van der Waals surface area contributed by atoms with E-state index in [1.807, 2.05) is 0 Å². The van der Waals surface area contributed by atoms with Crippen LogP contribution in [0, 0.1) is 17.1 Å². The number of hydrogen-bond donors (Lipinski definition) is 1. The molecule has 1 N–H and O–H groups in total. The molecule has 2 aromatic rings. The molecule has 4 nitrogen and oxygen atoms in total. The number of rotatable bonds is 3. The summed E-state index contributed by atoms with van der Waals surface area (Å²) >= 11 is 0. The Hall–Kier alpha value is -2.69. The third-order valence-corrected chi connectivity index (χ3v) is 2.57. The Morgan fingerprint density at radius 2 is 2.00 bits per heavy atom. The van der Waals surface area contributed by atoms with Crippen LogP contribution in [0.5, 0.6) is 0 Å². The molecule has 0 saturated heterocycles. The first kappa shape index (κ1) is 14.7. The third-order valence-electron chi connectivity index (χ3n) is 2.57. The van der Waals surface area contributed by atoms with Crippen molar-refractivity contribution in [3.63, 3.8) is 0 Å². The third kappa shape index (κ3) is 3.66. The van der Waals surface area contributed by atoms with E-state index in [1.54, 1.807) is 6.07 Å². The fraction of sp³-hybridized carbons (Fsp3) is 0.154. The lowest BCUT2D eigenvalue weighted by Crippen LogP contribution is -2.12. The quantitative estimate of drug-likeness (QED) is 0.884. The van der Waals surface area contributed by atoms with Crippen molar-refractivity contribution >= 4 is 5.95 Å². The van der Waals surface area contributed by atoms with E-state index in [4.69, 9.17) is 5.26 Å². The summed E-state index contributed by atoms with van der Waals surface area (Å²) < 4.78 is 51.0. The molecule has 0 radical (unpaired) electrons. The predicted octanol–water partition coefficient (Wildman–Crippen LogP) is 3.12. The highest BCUT2D eigenvalue weighted by atomic mass is 19.4. The molecule has 108 valence electrons. The van der Waals surface area contributed by atoms with Crippen molar-refractivity contribution in [1.82, 2.24) is 9.97 Å². The number of alkyl halides is 3. The summed E-state index contributed by atoms with van der Waals surface area (Å²) in [6.07, 6.45) is -3.60. The summed E-state index contributed by atoms with van der Waals surface area (Å²) in [6.45, 7) is -0.0984. The number of halogens is 4. The maximum atomic E-state index is 13.6. The van der Waals surface area contributed by atoms with E-state index >= 15 is 0 Å². The molecule has 0 bridgehead atoms. The van der Waals surface area contributed by atoms with Gasteiger partial charge in [0.25, 0.3) is 0 Å². The van der Waals surface area contributed by atoms with Gasteiger partial charge in [-0.1, -0.05) is 6.07 Å². The van der Waals surface area contributed by atoms with Gasteiger partial charge in [-0.3, -0.25) is 0 Å². The normalized spacial score (nSPS) is 11.0. The van der Waals surface area contributed by atoms with Gasteiger partial charge in [-0.15, -0.1) is 0 Å². The Labute approximate surface area is 117 Å². The van der Waals surface area contributed by atoms with Crippen molar-refractivity contribution in [2.24, 2.45) is 0 Å². The zero-order chi connectivity index (χ0) is 15.5. The number of benzene rings is 1. The zero-order valence-corrected chi connectivity index (χ0v) is 10.4. The summed E-state index contributed by atoms with van der Waals surface area (Å²) in [7, 11) is 0. The molecule has 0 amide bonds. The van der Waals surface area contributed by atoms with E-state index < -0.39 is 17.7 Å². The van der Waals surface area contributed by atoms with Crippen LogP contribution < -0.4 is 5.32 Å². The first-order valence-electron chi connectivity index (χ1n) is 5.73. The van der Waals surface area contributed by atoms with Gasteiger partial charge in [-0.25, -0.2) is 14.4 Å². The number of aromatic nitrogens is 2. The molecule has 0 aliphatic heterocycles. The summed E-state index contributed by atoms with van der Waals surface area (Å²) in [5.41, 5.74) is -0.734. The molecule has 8 heteroatoms. The average molecular weight is 296 g/mol. The second kappa shape index (κ2) is 5.75. The molecule has 0 unspecified atom stereocenters. The van der Waals surface area contributed by atoms with Gasteiger partial charge in [0.05, 0.1) is 11.6 Å². The maximum absolute atomic E-state index is 13.6. The van der Waals surface area contributed by atoms with Gasteiger partial charge in [-0.05, 0) is 18.2 Å². The highest BCUT2D eigenvalue weighted by Gasteiger charge is 2.32. The predicted molar refractivity (Wildman–Crippen MR) is 65.5 cm³/mol. The first-order chi connectivity index (χ1) is 9.90. The first-order valence-corrected chi connectivity index (χ1v) is 5.73. The van der Waals surface area contributed by atoms with Crippen LogP contribution in [0.4, 0.5) is 23.5 Å². The molecular formula is C13H8F4N4. The van der Waals surface area contributed by atoms with E-state index in [2.05, 4.69) is 15.3 Å². The molecule has 21 heavy (non-hydrogen) atoms. The van der Waals surface area contributed by atoms with E-state index in [9.17, 15) is 17.6 Å². The Bertz CT molecular complexity index is 691. The van der Waals surface area contributed by atoms with E-state index in [0.29, 0.717) is 0 Å². The van der Waals surface area contributed by atoms with Gasteiger partial charge in [0.1, 0.15) is 11.5 Å². The van der Waals surface area contributed by atoms with Crippen LogP contribution in [0.1, 0.15) is 16.8 Å². The van der Waals surface area contributed by atoms with Crippen molar-refractivity contribution in [2.75, 3.05) is 5.32 Å². The van der Waals surface area contributed by atoms with Gasteiger partial charge < -0.3 is 5.32 Å². The lowest BCUT2D eigenvalue weighted by Gasteiger charge is -2.09. The molecule has 1 aromatic heterocycles. The number of nitrogens with zero attached hydrogens (tertiary/aromatic N) is 3.